The molecule has 0 spiro atoms. The first-order valence-corrected chi connectivity index (χ1v) is 4.36. The Hall–Kier alpha value is -1.01. The minimum absolute atomic E-state index is 0.457. The second kappa shape index (κ2) is 11.0. The first kappa shape index (κ1) is 14.5. The van der Waals surface area contributed by atoms with Gasteiger partial charge in [0, 0.05) is 13.3 Å². The summed E-state index contributed by atoms with van der Waals surface area (Å²) in [5, 5.41) is 16.1. The molecule has 0 heterocycles. The van der Waals surface area contributed by atoms with E-state index >= 15 is 0 Å². The fraction of sp³-hybridized carbons (Fsp3) is 0.700. The van der Waals surface area contributed by atoms with Crippen LogP contribution in [0.2, 0.25) is 0 Å². The minimum atomic E-state index is -0.833. The molecule has 0 aliphatic rings. The summed E-state index contributed by atoms with van der Waals surface area (Å²) >= 11 is 0. The first-order chi connectivity index (χ1) is 6.00. The normalized spacial score (nSPS) is 10.2. The molecule has 76 valence electrons. The molecule has 0 aliphatic carbocycles. The molecule has 1 atom stereocenters. The van der Waals surface area contributed by atoms with Gasteiger partial charge in [-0.05, 0) is 13.3 Å². The van der Waals surface area contributed by atoms with Crippen molar-refractivity contribution in [3.8, 4) is 11.8 Å². The molecule has 13 heavy (non-hydrogen) atoms. The van der Waals surface area contributed by atoms with E-state index in [0.29, 0.717) is 0 Å². The first-order valence-electron chi connectivity index (χ1n) is 4.36. The van der Waals surface area contributed by atoms with E-state index < -0.39 is 12.1 Å². The fourth-order valence-electron chi connectivity index (χ4n) is 0.485. The van der Waals surface area contributed by atoms with E-state index in [-0.39, 0.29) is 0 Å². The Morgan fingerprint density at radius 1 is 1.54 bits per heavy atom. The molecule has 2 N–H and O–H groups in total. The van der Waals surface area contributed by atoms with E-state index in [4.69, 9.17) is 15.0 Å². The number of carboxylic acids is 1. The zero-order valence-electron chi connectivity index (χ0n) is 8.50. The Labute approximate surface area is 79.8 Å². The van der Waals surface area contributed by atoms with Crippen molar-refractivity contribution in [2.45, 2.75) is 46.1 Å². The van der Waals surface area contributed by atoms with Gasteiger partial charge in [-0.1, -0.05) is 19.3 Å². The van der Waals surface area contributed by atoms with Crippen LogP contribution in [0.5, 0.6) is 0 Å². The highest BCUT2D eigenvalue weighted by atomic mass is 16.4. The molecule has 3 nitrogen and oxygen atoms in total. The smallest absolute Gasteiger partial charge is 0.300 e. The van der Waals surface area contributed by atoms with Crippen molar-refractivity contribution in [3.63, 3.8) is 0 Å². The van der Waals surface area contributed by atoms with Gasteiger partial charge in [0.2, 0.25) is 0 Å². The lowest BCUT2D eigenvalue weighted by atomic mass is 10.2. The van der Waals surface area contributed by atoms with Gasteiger partial charge < -0.3 is 10.2 Å². The highest BCUT2D eigenvalue weighted by Gasteiger charge is 1.81. The van der Waals surface area contributed by atoms with Crippen molar-refractivity contribution in [3.05, 3.63) is 0 Å². The van der Waals surface area contributed by atoms with Crippen LogP contribution in [0.3, 0.4) is 0 Å². The second-order valence-electron chi connectivity index (χ2n) is 2.62. The third-order valence-corrected chi connectivity index (χ3v) is 0.966. The summed E-state index contributed by atoms with van der Waals surface area (Å²) in [7, 11) is 0. The molecule has 0 aliphatic heterocycles. The maximum Gasteiger partial charge on any atom is 0.300 e. The van der Waals surface area contributed by atoms with Gasteiger partial charge in [0.05, 0.1) is 0 Å². The van der Waals surface area contributed by atoms with Crippen molar-refractivity contribution in [2.75, 3.05) is 0 Å². The Morgan fingerprint density at radius 3 is 2.31 bits per heavy atom. The van der Waals surface area contributed by atoms with Crippen molar-refractivity contribution in [2.24, 2.45) is 0 Å². The highest BCUT2D eigenvalue weighted by Crippen LogP contribution is 1.90. The summed E-state index contributed by atoms with van der Waals surface area (Å²) in [5.74, 6) is 4.74. The number of unbranched alkanes of at least 4 members (excludes halogenated alkanes) is 2. The summed E-state index contributed by atoms with van der Waals surface area (Å²) in [6.45, 7) is 4.89. The number of aliphatic hydroxyl groups is 1. The van der Waals surface area contributed by atoms with E-state index in [2.05, 4.69) is 18.8 Å². The van der Waals surface area contributed by atoms with Gasteiger partial charge in [0.15, 0.2) is 0 Å². The van der Waals surface area contributed by atoms with Crippen LogP contribution in [0.1, 0.15) is 40.0 Å². The maximum absolute atomic E-state index is 9.00. The zero-order chi connectivity index (χ0) is 10.7. The standard InChI is InChI=1S/C8H14O.C2H4O2/c1-3-4-5-6-7-8(2)9;1-2(3)4/h8-9H,3-5H2,1-2H3;1H3,(H,3,4)/t8-;/m1./s1. The molecular weight excluding hydrogens is 168 g/mol. The number of hydrogen-bond acceptors (Lipinski definition) is 2. The zero-order valence-corrected chi connectivity index (χ0v) is 8.50. The minimum Gasteiger partial charge on any atom is -0.481 e. The van der Waals surface area contributed by atoms with Gasteiger partial charge >= 0.3 is 0 Å². The number of carboxylic acid groups (broad SMARTS) is 1. The lowest BCUT2D eigenvalue weighted by Crippen LogP contribution is -1.92. The van der Waals surface area contributed by atoms with E-state index in [9.17, 15) is 0 Å². The molecule has 0 aromatic heterocycles. The van der Waals surface area contributed by atoms with Crippen LogP contribution in [0, 0.1) is 11.8 Å². The molecule has 0 saturated carbocycles. The largest absolute Gasteiger partial charge is 0.481 e. The van der Waals surface area contributed by atoms with Crippen LogP contribution < -0.4 is 0 Å². The molecule has 0 bridgehead atoms. The topological polar surface area (TPSA) is 57.5 Å². The summed E-state index contributed by atoms with van der Waals surface area (Å²) in [5.41, 5.74) is 0. The lowest BCUT2D eigenvalue weighted by Gasteiger charge is -1.87. The monoisotopic (exact) mass is 186 g/mol. The molecule has 0 rings (SSSR count). The van der Waals surface area contributed by atoms with Gasteiger partial charge in [-0.25, -0.2) is 0 Å². The number of rotatable bonds is 2. The van der Waals surface area contributed by atoms with E-state index in [1.165, 1.54) is 6.42 Å². The van der Waals surface area contributed by atoms with Crippen LogP contribution in [-0.4, -0.2) is 22.3 Å². The predicted octanol–water partition coefficient (Wildman–Crippen LogP) is 1.65. The average molecular weight is 186 g/mol. The maximum atomic E-state index is 9.00. The Balaban J connectivity index is 0. The number of carbonyl (C=O) groups is 1. The molecular formula is C10H18O3. The van der Waals surface area contributed by atoms with Crippen LogP contribution in [0.15, 0.2) is 0 Å². The van der Waals surface area contributed by atoms with Crippen LogP contribution in [-0.2, 0) is 4.79 Å². The Kier molecular flexibility index (Phi) is 12.3. The summed E-state index contributed by atoms with van der Waals surface area (Å²) in [4.78, 5) is 9.00. The molecule has 0 aromatic rings. The third kappa shape index (κ3) is 35.7. The number of aliphatic carboxylic acids is 1. The predicted molar refractivity (Wildman–Crippen MR) is 52.3 cm³/mol. The van der Waals surface area contributed by atoms with Crippen LogP contribution in [0.25, 0.3) is 0 Å². The summed E-state index contributed by atoms with van der Waals surface area (Å²) in [6.07, 6.45) is 2.78. The average Bonchev–Trinajstić information content (AvgIpc) is 1.97. The van der Waals surface area contributed by atoms with E-state index in [1.54, 1.807) is 6.92 Å². The Morgan fingerprint density at radius 2 is 2.00 bits per heavy atom. The van der Waals surface area contributed by atoms with Gasteiger partial charge in [0.25, 0.3) is 5.97 Å². The van der Waals surface area contributed by atoms with Gasteiger partial charge in [0.1, 0.15) is 6.10 Å². The van der Waals surface area contributed by atoms with E-state index in [0.717, 1.165) is 19.8 Å². The number of hydrogen-bond donors (Lipinski definition) is 2. The second-order valence-corrected chi connectivity index (χ2v) is 2.62. The molecule has 3 heteroatoms. The van der Waals surface area contributed by atoms with Crippen molar-refractivity contribution in [1.82, 2.24) is 0 Å². The summed E-state index contributed by atoms with van der Waals surface area (Å²) < 4.78 is 0. The van der Waals surface area contributed by atoms with Crippen molar-refractivity contribution >= 4 is 5.97 Å². The van der Waals surface area contributed by atoms with Gasteiger partial charge in [-0.2, -0.15) is 0 Å². The van der Waals surface area contributed by atoms with Crippen molar-refractivity contribution in [1.29, 1.82) is 0 Å². The molecule has 0 radical (unpaired) electrons. The molecule has 0 aromatic carbocycles. The Bertz CT molecular complexity index is 170. The highest BCUT2D eigenvalue weighted by molar-refractivity contribution is 5.62. The molecule has 0 saturated heterocycles. The van der Waals surface area contributed by atoms with Gasteiger partial charge in [-0.15, -0.1) is 5.92 Å². The third-order valence-electron chi connectivity index (χ3n) is 0.966. The number of aliphatic hydroxyl groups excluding tert-OH is 1. The summed E-state index contributed by atoms with van der Waals surface area (Å²) in [6, 6.07) is 0. The quantitative estimate of drug-likeness (QED) is 0.509. The van der Waals surface area contributed by atoms with Crippen LogP contribution >= 0.6 is 0 Å². The lowest BCUT2D eigenvalue weighted by molar-refractivity contribution is -0.134. The molecule has 0 amide bonds. The molecule has 0 unspecified atom stereocenters. The van der Waals surface area contributed by atoms with Crippen LogP contribution in [0.4, 0.5) is 0 Å². The SMILES string of the molecule is CC(=O)O.CCCCC#C[C@@H](C)O. The fourth-order valence-corrected chi connectivity index (χ4v) is 0.485. The molecule has 0 fully saturated rings. The van der Waals surface area contributed by atoms with E-state index in [1.807, 2.05) is 0 Å². The van der Waals surface area contributed by atoms with Gasteiger partial charge in [-0.3, -0.25) is 4.79 Å². The van der Waals surface area contributed by atoms with Crippen molar-refractivity contribution < 1.29 is 15.0 Å².